The molecule has 0 aliphatic carbocycles. The summed E-state index contributed by atoms with van der Waals surface area (Å²) in [6.45, 7) is 3.46. The van der Waals surface area contributed by atoms with Crippen molar-refractivity contribution in [2.24, 2.45) is 0 Å². The Hall–Kier alpha value is -2.84. The molecule has 0 fully saturated rings. The van der Waals surface area contributed by atoms with Crippen LogP contribution in [0.5, 0.6) is 0 Å². The van der Waals surface area contributed by atoms with Crippen LogP contribution < -0.4 is 5.73 Å². The number of H-pyrrole nitrogens is 1. The Bertz CT molecular complexity index is 645. The van der Waals surface area contributed by atoms with E-state index in [9.17, 15) is 9.90 Å². The van der Waals surface area contributed by atoms with Crippen molar-refractivity contribution in [3.8, 4) is 0 Å². The fourth-order valence-corrected chi connectivity index (χ4v) is 2.06. The second kappa shape index (κ2) is 6.07. The van der Waals surface area contributed by atoms with E-state index in [4.69, 9.17) is 5.73 Å². The normalized spacial score (nSPS) is 11.9. The molecule has 9 nitrogen and oxygen atoms in total. The number of hydrogen-bond donors (Lipinski definition) is 3. The molecule has 9 heteroatoms. The highest BCUT2D eigenvalue weighted by Crippen LogP contribution is 2.27. The standard InChI is InChI=1S/C12H15N7O2/c1-6(2)9(11(20)21)8(10-16-18-19-17-10)3-7-4-14-12(13)15-5-7/h4-5,8H,3H2,1-2H3,(H,20,21)(H2,13,14,15)(H,16,17,18,19)/t8-/m0/s1. The van der Waals surface area contributed by atoms with Gasteiger partial charge in [-0.3, -0.25) is 0 Å². The van der Waals surface area contributed by atoms with Gasteiger partial charge in [-0.2, -0.15) is 5.21 Å². The Labute approximate surface area is 120 Å². The Morgan fingerprint density at radius 3 is 2.52 bits per heavy atom. The van der Waals surface area contributed by atoms with E-state index < -0.39 is 11.9 Å². The molecule has 2 rings (SSSR count). The maximum absolute atomic E-state index is 11.5. The minimum Gasteiger partial charge on any atom is -0.478 e. The summed E-state index contributed by atoms with van der Waals surface area (Å²) in [6, 6.07) is 0. The van der Waals surface area contributed by atoms with Crippen molar-refractivity contribution < 1.29 is 9.90 Å². The molecule has 0 bridgehead atoms. The summed E-state index contributed by atoms with van der Waals surface area (Å²) >= 11 is 0. The molecule has 0 aromatic carbocycles. The fraction of sp³-hybridized carbons (Fsp3) is 0.333. The topological polar surface area (TPSA) is 144 Å². The molecule has 110 valence electrons. The van der Waals surface area contributed by atoms with E-state index >= 15 is 0 Å². The second-order valence-corrected chi connectivity index (χ2v) is 4.70. The average molecular weight is 289 g/mol. The summed E-state index contributed by atoms with van der Waals surface area (Å²) in [5.41, 5.74) is 7.08. The number of nitrogen functional groups attached to an aromatic ring is 1. The minimum absolute atomic E-state index is 0.163. The molecule has 0 saturated heterocycles. The van der Waals surface area contributed by atoms with Gasteiger partial charge in [0, 0.05) is 18.0 Å². The molecule has 0 aliphatic rings. The highest BCUT2D eigenvalue weighted by Gasteiger charge is 2.27. The van der Waals surface area contributed by atoms with Crippen molar-refractivity contribution in [1.29, 1.82) is 0 Å². The third kappa shape index (κ3) is 3.38. The Balaban J connectivity index is 2.40. The smallest absolute Gasteiger partial charge is 0.332 e. The number of nitrogens with one attached hydrogen (secondary N) is 1. The van der Waals surface area contributed by atoms with Crippen molar-refractivity contribution in [2.75, 3.05) is 5.73 Å². The second-order valence-electron chi connectivity index (χ2n) is 4.70. The summed E-state index contributed by atoms with van der Waals surface area (Å²) in [5.74, 6) is -1.08. The van der Waals surface area contributed by atoms with Crippen LogP contribution in [-0.2, 0) is 11.2 Å². The molecule has 1 atom stereocenters. The summed E-state index contributed by atoms with van der Waals surface area (Å²) in [5, 5.41) is 23.1. The number of allylic oxidation sites excluding steroid dienone is 1. The number of tetrazole rings is 1. The predicted octanol–water partition coefficient (Wildman–Crippen LogP) is 0.319. The van der Waals surface area contributed by atoms with E-state index in [0.717, 1.165) is 5.56 Å². The number of carboxylic acid groups (broad SMARTS) is 1. The monoisotopic (exact) mass is 289 g/mol. The van der Waals surface area contributed by atoms with Crippen LogP contribution in [0.25, 0.3) is 0 Å². The molecule has 4 N–H and O–H groups in total. The van der Waals surface area contributed by atoms with Crippen LogP contribution in [0.3, 0.4) is 0 Å². The molecule has 0 amide bonds. The summed E-state index contributed by atoms with van der Waals surface area (Å²) in [4.78, 5) is 19.3. The average Bonchev–Trinajstić information content (AvgIpc) is 2.93. The lowest BCUT2D eigenvalue weighted by Gasteiger charge is -2.15. The number of nitrogens with zero attached hydrogens (tertiary/aromatic N) is 5. The van der Waals surface area contributed by atoms with E-state index in [1.54, 1.807) is 26.2 Å². The number of rotatable bonds is 5. The van der Waals surface area contributed by atoms with Gasteiger partial charge in [-0.05, 0) is 25.8 Å². The molecule has 21 heavy (non-hydrogen) atoms. The van der Waals surface area contributed by atoms with E-state index in [2.05, 4.69) is 30.6 Å². The number of carbonyl (C=O) groups is 1. The van der Waals surface area contributed by atoms with Gasteiger partial charge in [0.2, 0.25) is 5.95 Å². The van der Waals surface area contributed by atoms with Crippen LogP contribution in [-0.4, -0.2) is 41.7 Å². The predicted molar refractivity (Wildman–Crippen MR) is 73.1 cm³/mol. The fourth-order valence-electron chi connectivity index (χ4n) is 2.06. The van der Waals surface area contributed by atoms with E-state index in [-0.39, 0.29) is 11.5 Å². The molecule has 0 radical (unpaired) electrons. The minimum atomic E-state index is -1.01. The van der Waals surface area contributed by atoms with Crippen LogP contribution in [0.4, 0.5) is 5.95 Å². The van der Waals surface area contributed by atoms with Crippen molar-refractivity contribution in [2.45, 2.75) is 26.2 Å². The van der Waals surface area contributed by atoms with Gasteiger partial charge in [-0.15, -0.1) is 10.2 Å². The number of nitrogens with two attached hydrogens (primary N) is 1. The molecular weight excluding hydrogens is 274 g/mol. The Kier molecular flexibility index (Phi) is 4.21. The zero-order chi connectivity index (χ0) is 15.4. The number of aliphatic carboxylic acids is 1. The molecule has 0 unspecified atom stereocenters. The van der Waals surface area contributed by atoms with Crippen LogP contribution in [0.2, 0.25) is 0 Å². The molecule has 0 saturated carbocycles. The number of aromatic amines is 1. The third-order valence-corrected chi connectivity index (χ3v) is 2.96. The van der Waals surface area contributed by atoms with Gasteiger partial charge >= 0.3 is 5.97 Å². The molecule has 2 aromatic rings. The number of anilines is 1. The molecule has 2 heterocycles. The summed E-state index contributed by atoms with van der Waals surface area (Å²) < 4.78 is 0. The summed E-state index contributed by atoms with van der Waals surface area (Å²) in [7, 11) is 0. The van der Waals surface area contributed by atoms with E-state index in [1.807, 2.05) is 0 Å². The van der Waals surface area contributed by atoms with Gasteiger partial charge in [0.15, 0.2) is 5.82 Å². The zero-order valence-electron chi connectivity index (χ0n) is 11.6. The Morgan fingerprint density at radius 2 is 2.05 bits per heavy atom. The van der Waals surface area contributed by atoms with Gasteiger partial charge in [-0.1, -0.05) is 10.8 Å². The third-order valence-electron chi connectivity index (χ3n) is 2.96. The van der Waals surface area contributed by atoms with E-state index in [1.165, 1.54) is 0 Å². The van der Waals surface area contributed by atoms with Crippen LogP contribution in [0, 0.1) is 0 Å². The maximum Gasteiger partial charge on any atom is 0.332 e. The SMILES string of the molecule is CC(C)=C(C(=O)O)[C@H](Cc1cnc(N)nc1)c1nn[nH]n1. The summed E-state index contributed by atoms with van der Waals surface area (Å²) in [6.07, 6.45) is 3.45. The van der Waals surface area contributed by atoms with Gasteiger partial charge in [0.25, 0.3) is 0 Å². The highest BCUT2D eigenvalue weighted by molar-refractivity contribution is 5.89. The first kappa shape index (κ1) is 14.6. The largest absolute Gasteiger partial charge is 0.478 e. The first-order valence-corrected chi connectivity index (χ1v) is 6.19. The lowest BCUT2D eigenvalue weighted by Crippen LogP contribution is -2.17. The number of hydrogen-bond acceptors (Lipinski definition) is 7. The quantitative estimate of drug-likeness (QED) is 0.667. The highest BCUT2D eigenvalue weighted by atomic mass is 16.4. The van der Waals surface area contributed by atoms with Gasteiger partial charge in [0.05, 0.1) is 5.92 Å². The van der Waals surface area contributed by atoms with Crippen molar-refractivity contribution in [1.82, 2.24) is 30.6 Å². The lowest BCUT2D eigenvalue weighted by atomic mass is 9.89. The van der Waals surface area contributed by atoms with Gasteiger partial charge in [0.1, 0.15) is 0 Å². The van der Waals surface area contributed by atoms with Crippen LogP contribution >= 0.6 is 0 Å². The molecule has 0 spiro atoms. The van der Waals surface area contributed by atoms with Crippen LogP contribution in [0.15, 0.2) is 23.5 Å². The number of carboxylic acids is 1. The Morgan fingerprint density at radius 1 is 1.38 bits per heavy atom. The van der Waals surface area contributed by atoms with Gasteiger partial charge in [-0.25, -0.2) is 14.8 Å². The first-order chi connectivity index (χ1) is 9.99. The van der Waals surface area contributed by atoms with Crippen LogP contribution in [0.1, 0.15) is 31.2 Å². The molecular formula is C12H15N7O2. The van der Waals surface area contributed by atoms with Gasteiger partial charge < -0.3 is 10.8 Å². The molecule has 0 aliphatic heterocycles. The van der Waals surface area contributed by atoms with Crippen molar-refractivity contribution >= 4 is 11.9 Å². The van der Waals surface area contributed by atoms with Crippen molar-refractivity contribution in [3.05, 3.63) is 34.9 Å². The molecule has 2 aromatic heterocycles. The van der Waals surface area contributed by atoms with E-state index in [0.29, 0.717) is 17.8 Å². The first-order valence-electron chi connectivity index (χ1n) is 6.19. The van der Waals surface area contributed by atoms with Crippen molar-refractivity contribution in [3.63, 3.8) is 0 Å². The number of aromatic nitrogens is 6. The maximum atomic E-state index is 11.5. The zero-order valence-corrected chi connectivity index (χ0v) is 11.6. The lowest BCUT2D eigenvalue weighted by molar-refractivity contribution is -0.133.